The molecule has 0 aromatic carbocycles. The Labute approximate surface area is 109 Å². The van der Waals surface area contributed by atoms with Crippen molar-refractivity contribution in [2.45, 2.75) is 6.54 Å². The van der Waals surface area contributed by atoms with Gasteiger partial charge in [-0.05, 0) is 12.1 Å². The molecule has 0 aliphatic rings. The van der Waals surface area contributed by atoms with Gasteiger partial charge in [-0.15, -0.1) is 0 Å². The lowest BCUT2D eigenvalue weighted by atomic mass is 10.3. The van der Waals surface area contributed by atoms with Crippen LogP contribution in [0, 0.1) is 11.3 Å². The van der Waals surface area contributed by atoms with Crippen molar-refractivity contribution in [1.29, 1.82) is 5.26 Å². The molecule has 7 heteroatoms. The lowest BCUT2D eigenvalue weighted by molar-refractivity contribution is 0.0691. The van der Waals surface area contributed by atoms with Crippen LogP contribution in [0.2, 0.25) is 0 Å². The number of pyridine rings is 1. The highest BCUT2D eigenvalue weighted by Gasteiger charge is 2.05. The number of carbonyl (C=O) groups is 1. The molecule has 0 aliphatic heterocycles. The van der Waals surface area contributed by atoms with E-state index in [-0.39, 0.29) is 5.69 Å². The zero-order chi connectivity index (χ0) is 13.7. The lowest BCUT2D eigenvalue weighted by Crippen LogP contribution is -2.10. The average Bonchev–Trinajstić information content (AvgIpc) is 2.89. The van der Waals surface area contributed by atoms with Gasteiger partial charge in [0.05, 0.1) is 11.9 Å². The largest absolute Gasteiger partial charge is 0.476 e. The van der Waals surface area contributed by atoms with Crippen molar-refractivity contribution in [2.75, 3.05) is 11.9 Å². The van der Waals surface area contributed by atoms with Crippen LogP contribution in [0.15, 0.2) is 30.9 Å². The van der Waals surface area contributed by atoms with Crippen molar-refractivity contribution in [3.8, 4) is 6.07 Å². The number of imidazole rings is 1. The number of nitrogens with zero attached hydrogens (tertiary/aromatic N) is 4. The van der Waals surface area contributed by atoms with Crippen LogP contribution < -0.4 is 5.32 Å². The summed E-state index contributed by atoms with van der Waals surface area (Å²) in [5.74, 6) is -0.377. The summed E-state index contributed by atoms with van der Waals surface area (Å²) in [6.45, 7) is 1.15. The molecule has 7 nitrogen and oxygen atoms in total. The van der Waals surface area contributed by atoms with Gasteiger partial charge in [0.25, 0.3) is 0 Å². The zero-order valence-electron chi connectivity index (χ0n) is 9.95. The molecule has 0 bridgehead atoms. The molecule has 0 saturated carbocycles. The SMILES string of the molecule is N#Cc1ccc(NCCn2cnc(C(=O)O)c2)nc1. The predicted molar refractivity (Wildman–Crippen MR) is 66.6 cm³/mol. The Morgan fingerprint density at radius 2 is 2.32 bits per heavy atom. The van der Waals surface area contributed by atoms with E-state index in [1.807, 2.05) is 6.07 Å². The summed E-state index contributed by atoms with van der Waals surface area (Å²) in [5.41, 5.74) is 0.530. The number of carboxylic acids is 1. The molecule has 2 heterocycles. The highest BCUT2D eigenvalue weighted by atomic mass is 16.4. The van der Waals surface area contributed by atoms with Crippen LogP contribution in [0.25, 0.3) is 0 Å². The second-order valence-electron chi connectivity index (χ2n) is 3.77. The fraction of sp³-hybridized carbons (Fsp3) is 0.167. The van der Waals surface area contributed by atoms with E-state index in [0.29, 0.717) is 24.5 Å². The number of hydrogen-bond acceptors (Lipinski definition) is 5. The van der Waals surface area contributed by atoms with Crippen molar-refractivity contribution >= 4 is 11.8 Å². The fourth-order valence-electron chi connectivity index (χ4n) is 1.47. The first kappa shape index (κ1) is 12.6. The van der Waals surface area contributed by atoms with Gasteiger partial charge in [-0.1, -0.05) is 0 Å². The Hall–Kier alpha value is -2.88. The van der Waals surface area contributed by atoms with Gasteiger partial charge in [0, 0.05) is 25.5 Å². The molecule has 19 heavy (non-hydrogen) atoms. The van der Waals surface area contributed by atoms with E-state index in [2.05, 4.69) is 15.3 Å². The minimum absolute atomic E-state index is 0.0245. The van der Waals surface area contributed by atoms with Crippen LogP contribution in [0.1, 0.15) is 16.1 Å². The maximum Gasteiger partial charge on any atom is 0.356 e. The second kappa shape index (κ2) is 5.64. The first-order chi connectivity index (χ1) is 9.19. The monoisotopic (exact) mass is 257 g/mol. The number of rotatable bonds is 5. The molecule has 0 aliphatic carbocycles. The summed E-state index contributed by atoms with van der Waals surface area (Å²) in [4.78, 5) is 18.5. The van der Waals surface area contributed by atoms with Crippen molar-refractivity contribution in [1.82, 2.24) is 14.5 Å². The van der Waals surface area contributed by atoms with E-state index >= 15 is 0 Å². The molecule has 2 rings (SSSR count). The van der Waals surface area contributed by atoms with E-state index in [9.17, 15) is 4.79 Å². The minimum atomic E-state index is -1.04. The first-order valence-corrected chi connectivity index (χ1v) is 5.54. The Morgan fingerprint density at radius 3 is 2.89 bits per heavy atom. The van der Waals surface area contributed by atoms with Crippen LogP contribution in [0.3, 0.4) is 0 Å². The average molecular weight is 257 g/mol. The third kappa shape index (κ3) is 3.29. The summed E-state index contributed by atoms with van der Waals surface area (Å²) in [6, 6.07) is 5.38. The number of hydrogen-bond donors (Lipinski definition) is 2. The van der Waals surface area contributed by atoms with E-state index < -0.39 is 5.97 Å². The molecular weight excluding hydrogens is 246 g/mol. The summed E-state index contributed by atoms with van der Waals surface area (Å²) in [7, 11) is 0. The molecule has 0 atom stereocenters. The van der Waals surface area contributed by atoms with Crippen LogP contribution in [-0.2, 0) is 6.54 Å². The standard InChI is InChI=1S/C12H11N5O2/c13-5-9-1-2-11(15-6-9)14-3-4-17-7-10(12(18)19)16-8-17/h1-2,6-8H,3-4H2,(H,14,15)(H,18,19). The summed E-state index contributed by atoms with van der Waals surface area (Å²) >= 11 is 0. The quantitative estimate of drug-likeness (QED) is 0.826. The van der Waals surface area contributed by atoms with Crippen molar-refractivity contribution in [3.63, 3.8) is 0 Å². The summed E-state index contributed by atoms with van der Waals surface area (Å²) < 4.78 is 1.68. The maximum atomic E-state index is 10.6. The smallest absolute Gasteiger partial charge is 0.356 e. The summed E-state index contributed by atoms with van der Waals surface area (Å²) in [6.07, 6.45) is 4.43. The van der Waals surface area contributed by atoms with Gasteiger partial charge >= 0.3 is 5.97 Å². The molecule has 0 fully saturated rings. The van der Waals surface area contributed by atoms with Crippen molar-refractivity contribution < 1.29 is 9.90 Å². The lowest BCUT2D eigenvalue weighted by Gasteiger charge is -2.05. The molecule has 0 saturated heterocycles. The van der Waals surface area contributed by atoms with Gasteiger partial charge in [-0.2, -0.15) is 5.26 Å². The summed E-state index contributed by atoms with van der Waals surface area (Å²) in [5, 5.41) is 20.4. The van der Waals surface area contributed by atoms with E-state index in [0.717, 1.165) is 0 Å². The van der Waals surface area contributed by atoms with Crippen LogP contribution in [0.5, 0.6) is 0 Å². The molecule has 2 aromatic rings. The zero-order valence-corrected chi connectivity index (χ0v) is 9.95. The number of anilines is 1. The number of carboxylic acid groups (broad SMARTS) is 1. The van der Waals surface area contributed by atoms with E-state index in [1.165, 1.54) is 18.7 Å². The fourth-order valence-corrected chi connectivity index (χ4v) is 1.47. The van der Waals surface area contributed by atoms with Crippen LogP contribution >= 0.6 is 0 Å². The highest BCUT2D eigenvalue weighted by molar-refractivity contribution is 5.84. The van der Waals surface area contributed by atoms with E-state index in [4.69, 9.17) is 10.4 Å². The normalized spacial score (nSPS) is 9.84. The molecule has 0 amide bonds. The minimum Gasteiger partial charge on any atom is -0.476 e. The first-order valence-electron chi connectivity index (χ1n) is 5.54. The third-order valence-corrected chi connectivity index (χ3v) is 2.42. The predicted octanol–water partition coefficient (Wildman–Crippen LogP) is 0.960. The van der Waals surface area contributed by atoms with Crippen LogP contribution in [0.4, 0.5) is 5.82 Å². The Morgan fingerprint density at radius 1 is 1.47 bits per heavy atom. The van der Waals surface area contributed by atoms with Gasteiger partial charge in [0.1, 0.15) is 11.9 Å². The molecule has 0 spiro atoms. The molecule has 0 unspecified atom stereocenters. The van der Waals surface area contributed by atoms with Crippen molar-refractivity contribution in [2.24, 2.45) is 0 Å². The van der Waals surface area contributed by atoms with Gasteiger partial charge in [-0.3, -0.25) is 0 Å². The molecule has 2 N–H and O–H groups in total. The number of aromatic carboxylic acids is 1. The number of nitrogens with one attached hydrogen (secondary N) is 1. The van der Waals surface area contributed by atoms with Gasteiger partial charge in [0.2, 0.25) is 0 Å². The Bertz CT molecular complexity index is 612. The van der Waals surface area contributed by atoms with Gasteiger partial charge in [-0.25, -0.2) is 14.8 Å². The number of aromatic nitrogens is 3. The van der Waals surface area contributed by atoms with Gasteiger partial charge < -0.3 is 15.0 Å². The Kier molecular flexibility index (Phi) is 3.73. The molecule has 96 valence electrons. The maximum absolute atomic E-state index is 10.6. The van der Waals surface area contributed by atoms with Crippen molar-refractivity contribution in [3.05, 3.63) is 42.1 Å². The Balaban J connectivity index is 1.85. The molecular formula is C12H11N5O2. The second-order valence-corrected chi connectivity index (χ2v) is 3.77. The molecule has 2 aromatic heterocycles. The molecule has 0 radical (unpaired) electrons. The van der Waals surface area contributed by atoms with E-state index in [1.54, 1.807) is 16.7 Å². The third-order valence-electron chi connectivity index (χ3n) is 2.42. The number of nitriles is 1. The highest BCUT2D eigenvalue weighted by Crippen LogP contribution is 2.03. The topological polar surface area (TPSA) is 104 Å². The van der Waals surface area contributed by atoms with Gasteiger partial charge in [0.15, 0.2) is 5.69 Å². The van der Waals surface area contributed by atoms with Crippen LogP contribution in [-0.4, -0.2) is 32.2 Å².